The summed E-state index contributed by atoms with van der Waals surface area (Å²) in [5.74, 6) is 0.556. The van der Waals surface area contributed by atoms with E-state index >= 15 is 0 Å². The molecule has 176 valence electrons. The number of nitrogens with one attached hydrogen (secondary N) is 1. The summed E-state index contributed by atoms with van der Waals surface area (Å²) in [7, 11) is 0. The van der Waals surface area contributed by atoms with Crippen molar-refractivity contribution in [3.63, 3.8) is 0 Å². The van der Waals surface area contributed by atoms with Crippen molar-refractivity contribution in [1.82, 2.24) is 4.90 Å². The normalized spacial score (nSPS) is 35.2. The Kier molecular flexibility index (Phi) is 5.69. The minimum atomic E-state index is -1.10. The van der Waals surface area contributed by atoms with Crippen LogP contribution in [-0.2, 0) is 19.1 Å². The number of hydrogen-bond acceptors (Lipinski definition) is 7. The first kappa shape index (κ1) is 22.4. The smallest absolute Gasteiger partial charge is 0.329 e. The van der Waals surface area contributed by atoms with Gasteiger partial charge in [-0.3, -0.25) is 9.59 Å². The molecule has 9 heteroatoms. The molecule has 3 atom stereocenters. The number of nitriles is 1. The van der Waals surface area contributed by atoms with Gasteiger partial charge in [0.25, 0.3) is 5.91 Å². The molecule has 4 aliphatic carbocycles. The summed E-state index contributed by atoms with van der Waals surface area (Å²) in [5.41, 5.74) is -0.0640. The van der Waals surface area contributed by atoms with Crippen molar-refractivity contribution in [2.24, 2.45) is 23.2 Å². The van der Waals surface area contributed by atoms with Gasteiger partial charge in [-0.2, -0.15) is 5.26 Å². The van der Waals surface area contributed by atoms with E-state index in [1.54, 1.807) is 11.4 Å². The van der Waals surface area contributed by atoms with E-state index in [9.17, 15) is 19.5 Å². The topological polar surface area (TPSA) is 120 Å². The zero-order valence-corrected chi connectivity index (χ0v) is 19.5. The van der Waals surface area contributed by atoms with Crippen LogP contribution in [0.25, 0.3) is 0 Å². The number of β-amino-alcohol motifs (C(OH)–C–C–N with tert-alkyl or cyclic N) is 1. The van der Waals surface area contributed by atoms with Crippen molar-refractivity contribution < 1.29 is 24.2 Å². The quantitative estimate of drug-likeness (QED) is 0.637. The number of carbonyl (C=O) groups is 3. The Balaban J connectivity index is 1.26. The van der Waals surface area contributed by atoms with Crippen molar-refractivity contribution in [1.29, 1.82) is 5.26 Å². The summed E-state index contributed by atoms with van der Waals surface area (Å²) in [4.78, 5) is 40.8. The number of esters is 1. The van der Waals surface area contributed by atoms with E-state index in [0.717, 1.165) is 19.3 Å². The van der Waals surface area contributed by atoms with E-state index in [1.165, 1.54) is 42.4 Å². The van der Waals surface area contributed by atoms with Crippen LogP contribution in [0, 0.1) is 34.5 Å². The second-order valence-corrected chi connectivity index (χ2v) is 11.3. The molecule has 8 nitrogen and oxygen atoms in total. The van der Waals surface area contributed by atoms with Crippen molar-refractivity contribution in [3.8, 4) is 6.07 Å². The van der Waals surface area contributed by atoms with Crippen LogP contribution in [0.15, 0.2) is 11.4 Å². The van der Waals surface area contributed by atoms with Crippen LogP contribution >= 0.6 is 11.3 Å². The first-order valence-electron chi connectivity index (χ1n) is 11.8. The van der Waals surface area contributed by atoms with Gasteiger partial charge < -0.3 is 20.1 Å². The van der Waals surface area contributed by atoms with E-state index in [-0.39, 0.29) is 18.9 Å². The highest BCUT2D eigenvalue weighted by molar-refractivity contribution is 7.14. The summed E-state index contributed by atoms with van der Waals surface area (Å²) in [6, 6.07) is 2.72. The predicted molar refractivity (Wildman–Crippen MR) is 120 cm³/mol. The third-order valence-electron chi connectivity index (χ3n) is 7.99. The maximum absolute atomic E-state index is 13.8. The Bertz CT molecular complexity index is 979. The Morgan fingerprint density at radius 3 is 2.45 bits per heavy atom. The van der Waals surface area contributed by atoms with Crippen LogP contribution in [0.3, 0.4) is 0 Å². The lowest BCUT2D eigenvalue weighted by Crippen LogP contribution is -2.56. The summed E-state index contributed by atoms with van der Waals surface area (Å²) in [5, 5.41) is 24.1. The van der Waals surface area contributed by atoms with Gasteiger partial charge in [0.15, 0.2) is 6.10 Å². The summed E-state index contributed by atoms with van der Waals surface area (Å²) >= 11 is 1.21. The molecule has 4 saturated carbocycles. The predicted octanol–water partition coefficient (Wildman–Crippen LogP) is 2.67. The molecule has 2 N–H and O–H groups in total. The van der Waals surface area contributed by atoms with Crippen LogP contribution in [0.2, 0.25) is 0 Å². The average molecular weight is 472 g/mol. The highest BCUT2D eigenvalue weighted by Crippen LogP contribution is 2.60. The van der Waals surface area contributed by atoms with Crippen molar-refractivity contribution in [2.45, 2.75) is 70.1 Å². The average Bonchev–Trinajstić information content (AvgIpc) is 3.38. The van der Waals surface area contributed by atoms with E-state index in [1.807, 2.05) is 6.07 Å². The first-order valence-corrected chi connectivity index (χ1v) is 12.6. The molecule has 1 aliphatic heterocycles. The maximum atomic E-state index is 13.8. The Morgan fingerprint density at radius 1 is 1.21 bits per heavy atom. The Labute approximate surface area is 196 Å². The number of amides is 2. The van der Waals surface area contributed by atoms with Crippen molar-refractivity contribution in [3.05, 3.63) is 17.0 Å². The highest BCUT2D eigenvalue weighted by atomic mass is 32.1. The van der Waals surface area contributed by atoms with Crippen molar-refractivity contribution >= 4 is 34.1 Å². The van der Waals surface area contributed by atoms with Crippen molar-refractivity contribution in [2.75, 3.05) is 11.9 Å². The van der Waals surface area contributed by atoms with Gasteiger partial charge >= 0.3 is 5.97 Å². The second-order valence-electron chi connectivity index (χ2n) is 10.4. The first-order chi connectivity index (χ1) is 15.8. The molecular weight excluding hydrogens is 442 g/mol. The molecule has 0 unspecified atom stereocenters. The SMILES string of the molecule is C[C@H](OC(=O)[C@H]1C[C@H](O)CN1C(=O)C12CC3CC(CC(C3)C1)C2)C(=O)Nc1sccc1C#N. The molecule has 0 spiro atoms. The fourth-order valence-electron chi connectivity index (χ4n) is 6.95. The standard InChI is InChI=1S/C24H29N3O5S/c1-13(20(29)26-21-17(11-25)2-3-33-21)32-22(30)19-7-18(28)12-27(19)23(31)24-8-14-4-15(9-24)6-16(5-14)10-24/h2-3,13-16,18-19,28H,4-10,12H2,1H3,(H,26,29)/t13-,14?,15?,16?,18-,19+,24?/m0/s1. The minimum Gasteiger partial charge on any atom is -0.451 e. The molecule has 1 aromatic heterocycles. The monoisotopic (exact) mass is 471 g/mol. The third-order valence-corrected chi connectivity index (χ3v) is 8.82. The fraction of sp³-hybridized carbons (Fsp3) is 0.667. The molecule has 2 amide bonds. The van der Waals surface area contributed by atoms with Crippen LogP contribution in [0.4, 0.5) is 5.00 Å². The molecule has 5 aliphatic rings. The van der Waals surface area contributed by atoms with Gasteiger partial charge in [0.2, 0.25) is 5.91 Å². The van der Waals surface area contributed by atoms with Gasteiger partial charge in [-0.05, 0) is 74.6 Å². The number of likely N-dealkylation sites (tertiary alicyclic amines) is 1. The zero-order chi connectivity index (χ0) is 23.3. The largest absolute Gasteiger partial charge is 0.451 e. The van der Waals surface area contributed by atoms with Crippen LogP contribution in [-0.4, -0.2) is 52.6 Å². The molecule has 33 heavy (non-hydrogen) atoms. The molecule has 4 bridgehead atoms. The van der Waals surface area contributed by atoms with Gasteiger partial charge in [-0.1, -0.05) is 0 Å². The number of hydrogen-bond donors (Lipinski definition) is 2. The molecular formula is C24H29N3O5S. The molecule has 1 saturated heterocycles. The lowest BCUT2D eigenvalue weighted by molar-refractivity contribution is -0.168. The number of thiophene rings is 1. The van der Waals surface area contributed by atoms with E-state index in [0.29, 0.717) is 28.3 Å². The molecule has 0 radical (unpaired) electrons. The van der Waals surface area contributed by atoms with Gasteiger partial charge in [-0.15, -0.1) is 11.3 Å². The van der Waals surface area contributed by atoms with Crippen LogP contribution in [0.1, 0.15) is 57.4 Å². The Hall–Kier alpha value is -2.44. The number of aliphatic hydroxyl groups is 1. The summed E-state index contributed by atoms with van der Waals surface area (Å²) in [6.07, 6.45) is 4.53. The Morgan fingerprint density at radius 2 is 1.85 bits per heavy atom. The molecule has 0 aromatic carbocycles. The highest BCUT2D eigenvalue weighted by Gasteiger charge is 2.57. The van der Waals surface area contributed by atoms with E-state index in [2.05, 4.69) is 5.32 Å². The van der Waals surface area contributed by atoms with Gasteiger partial charge in [0.05, 0.1) is 17.1 Å². The number of carbonyl (C=O) groups excluding carboxylic acids is 3. The molecule has 5 fully saturated rings. The number of nitrogens with zero attached hydrogens (tertiary/aromatic N) is 2. The molecule has 1 aromatic rings. The van der Waals surface area contributed by atoms with Crippen LogP contribution in [0.5, 0.6) is 0 Å². The number of ether oxygens (including phenoxy) is 1. The minimum absolute atomic E-state index is 0.0190. The van der Waals surface area contributed by atoms with E-state index in [4.69, 9.17) is 10.00 Å². The number of rotatable bonds is 5. The van der Waals surface area contributed by atoms with Crippen LogP contribution < -0.4 is 5.32 Å². The van der Waals surface area contributed by atoms with E-state index < -0.39 is 35.5 Å². The fourth-order valence-corrected chi connectivity index (χ4v) is 7.69. The molecule has 6 rings (SSSR count). The lowest BCUT2D eigenvalue weighted by atomic mass is 9.49. The van der Waals surface area contributed by atoms with Gasteiger partial charge in [0.1, 0.15) is 17.1 Å². The van der Waals surface area contributed by atoms with Gasteiger partial charge in [0, 0.05) is 13.0 Å². The van der Waals surface area contributed by atoms with Gasteiger partial charge in [-0.25, -0.2) is 4.79 Å². The molecule has 2 heterocycles. The number of anilines is 1. The number of aliphatic hydroxyl groups excluding tert-OH is 1. The lowest BCUT2D eigenvalue weighted by Gasteiger charge is -2.56. The summed E-state index contributed by atoms with van der Waals surface area (Å²) < 4.78 is 5.43. The maximum Gasteiger partial charge on any atom is 0.329 e. The zero-order valence-electron chi connectivity index (χ0n) is 18.7. The summed E-state index contributed by atoms with van der Waals surface area (Å²) in [6.45, 7) is 1.59. The third kappa shape index (κ3) is 4.04. The second kappa shape index (κ2) is 8.41.